The second-order valence-corrected chi connectivity index (χ2v) is 28.6. The monoisotopic (exact) mass is 1270 g/mol. The molecule has 0 radical (unpaired) electrons. The fourth-order valence-electron chi connectivity index (χ4n) is 11.3. The molecule has 0 aliphatic heterocycles. The van der Waals surface area contributed by atoms with Gasteiger partial charge in [0.25, 0.3) is 0 Å². The van der Waals surface area contributed by atoms with Crippen LogP contribution in [0.2, 0.25) is 0 Å². The molecule has 0 rings (SSSR count). The Balaban J connectivity index is 4.91. The Morgan fingerprint density at radius 1 is 0.404 bits per heavy atom. The molecule has 520 valence electrons. The molecule has 1 amide bonds. The summed E-state index contributed by atoms with van der Waals surface area (Å²) in [6, 6.07) is -0.851. The summed E-state index contributed by atoms with van der Waals surface area (Å²) in [7, 11) is 1.51. The molecular formula is C79H148N2O7P+. The van der Waals surface area contributed by atoms with Crippen molar-refractivity contribution < 1.29 is 37.3 Å². The van der Waals surface area contributed by atoms with Crippen molar-refractivity contribution >= 4 is 19.7 Å². The highest BCUT2D eigenvalue weighted by atomic mass is 31.2. The number of amides is 1. The van der Waals surface area contributed by atoms with E-state index in [0.29, 0.717) is 17.4 Å². The Labute approximate surface area is 553 Å². The van der Waals surface area contributed by atoms with E-state index < -0.39 is 20.0 Å². The van der Waals surface area contributed by atoms with Crippen molar-refractivity contribution in [2.75, 3.05) is 40.9 Å². The lowest BCUT2D eigenvalue weighted by atomic mass is 10.0. The zero-order chi connectivity index (χ0) is 64.9. The predicted molar refractivity (Wildman–Crippen MR) is 388 cm³/mol. The van der Waals surface area contributed by atoms with Crippen molar-refractivity contribution in [3.05, 3.63) is 72.9 Å². The Bertz CT molecular complexity index is 1750. The number of phosphoric ester groups is 1. The molecule has 3 unspecified atom stereocenters. The third-order valence-corrected chi connectivity index (χ3v) is 18.1. The van der Waals surface area contributed by atoms with Crippen LogP contribution in [0.5, 0.6) is 0 Å². The predicted octanol–water partition coefficient (Wildman–Crippen LogP) is 24.7. The number of ether oxygens (including phenoxy) is 1. The number of phosphoric acid groups is 1. The summed E-state index contributed by atoms with van der Waals surface area (Å²) >= 11 is 0. The lowest BCUT2D eigenvalue weighted by Gasteiger charge is -2.27. The van der Waals surface area contributed by atoms with Crippen molar-refractivity contribution in [1.82, 2.24) is 5.32 Å². The number of esters is 1. The first-order chi connectivity index (χ1) is 43.4. The van der Waals surface area contributed by atoms with E-state index in [0.717, 1.165) is 89.9 Å². The summed E-state index contributed by atoms with van der Waals surface area (Å²) in [5.74, 6) is -0.494. The lowest BCUT2D eigenvalue weighted by molar-refractivity contribution is -0.870. The van der Waals surface area contributed by atoms with Gasteiger partial charge in [0.1, 0.15) is 19.3 Å². The number of nitrogens with zero attached hydrogens (tertiary/aromatic N) is 1. The van der Waals surface area contributed by atoms with E-state index >= 15 is 0 Å². The van der Waals surface area contributed by atoms with Gasteiger partial charge in [-0.15, -0.1) is 0 Å². The van der Waals surface area contributed by atoms with Crippen LogP contribution >= 0.6 is 7.82 Å². The maximum atomic E-state index is 13.6. The molecule has 0 aromatic heterocycles. The standard InChI is InChI=1S/C79H147N2O7P/c1-7-10-13-16-19-22-25-27-29-31-33-35-37-39-40-42-44-46-48-50-52-54-57-60-63-66-69-72-79(83)88-77(70-67-64-61-58-55-24-21-18-15-12-9-3)76(75-87-89(84,85)86-74-73-81(4,5)6)80-78(82)71-68-65-62-59-56-53-51-49-47-45-43-41-38-36-34-32-30-28-26-23-20-17-14-11-8-2/h10,13,19,22,27,29,33,35,39-40,67,70,76-77H,7-9,11-12,14-18,20-21,23-26,28,30-32,34,36-38,41-66,68-69,71-75H2,1-6H3,(H-,80,82,84,85)/p+1/b13-10-,22-19-,29-27-,35-33-,40-39-,70-67+. The molecule has 2 N–H and O–H groups in total. The first-order valence-electron chi connectivity index (χ1n) is 38.3. The van der Waals surface area contributed by atoms with Crippen LogP contribution in [0.15, 0.2) is 72.9 Å². The molecule has 89 heavy (non-hydrogen) atoms. The van der Waals surface area contributed by atoms with E-state index in [9.17, 15) is 19.0 Å². The Morgan fingerprint density at radius 2 is 0.719 bits per heavy atom. The van der Waals surface area contributed by atoms with Gasteiger partial charge in [0.2, 0.25) is 5.91 Å². The molecule has 0 saturated heterocycles. The van der Waals surface area contributed by atoms with Crippen LogP contribution in [0.25, 0.3) is 0 Å². The van der Waals surface area contributed by atoms with E-state index in [1.54, 1.807) is 0 Å². The molecule has 0 aliphatic carbocycles. The van der Waals surface area contributed by atoms with Gasteiger partial charge in [-0.2, -0.15) is 0 Å². The maximum absolute atomic E-state index is 13.6. The third kappa shape index (κ3) is 69.6. The van der Waals surface area contributed by atoms with Crippen LogP contribution in [0.3, 0.4) is 0 Å². The fraction of sp³-hybridized carbons (Fsp3) is 0.823. The van der Waals surface area contributed by atoms with E-state index in [1.807, 2.05) is 33.3 Å². The van der Waals surface area contributed by atoms with Crippen molar-refractivity contribution in [2.45, 2.75) is 380 Å². The molecule has 0 spiro atoms. The average molecular weight is 1270 g/mol. The van der Waals surface area contributed by atoms with Gasteiger partial charge in [0.05, 0.1) is 33.8 Å². The molecule has 0 bridgehead atoms. The maximum Gasteiger partial charge on any atom is 0.472 e. The van der Waals surface area contributed by atoms with Gasteiger partial charge in [0, 0.05) is 12.8 Å². The minimum atomic E-state index is -4.46. The number of likely N-dealkylation sites (N-methyl/N-ethyl adjacent to an activating group) is 1. The molecule has 0 aromatic carbocycles. The highest BCUT2D eigenvalue weighted by molar-refractivity contribution is 7.47. The molecule has 3 atom stereocenters. The molecular weight excluding hydrogens is 1120 g/mol. The average Bonchev–Trinajstić information content (AvgIpc) is 3.71. The molecule has 9 nitrogen and oxygen atoms in total. The van der Waals surface area contributed by atoms with E-state index in [2.05, 4.69) is 86.8 Å². The van der Waals surface area contributed by atoms with Gasteiger partial charge in [-0.3, -0.25) is 18.6 Å². The third-order valence-electron chi connectivity index (χ3n) is 17.2. The number of unbranched alkanes of at least 4 members (excludes halogenated alkanes) is 44. The van der Waals surface area contributed by atoms with Gasteiger partial charge < -0.3 is 19.4 Å². The highest BCUT2D eigenvalue weighted by Crippen LogP contribution is 2.43. The Morgan fingerprint density at radius 3 is 1.08 bits per heavy atom. The highest BCUT2D eigenvalue weighted by Gasteiger charge is 2.30. The minimum absolute atomic E-state index is 0.0401. The number of carbonyl (C=O) groups is 2. The molecule has 10 heteroatoms. The summed E-state index contributed by atoms with van der Waals surface area (Å²) in [5.41, 5.74) is 0. The summed E-state index contributed by atoms with van der Waals surface area (Å²) in [4.78, 5) is 38.0. The van der Waals surface area contributed by atoms with Gasteiger partial charge in [-0.05, 0) is 76.7 Å². The summed E-state index contributed by atoms with van der Waals surface area (Å²) in [6.45, 7) is 6.95. The number of rotatable bonds is 70. The first kappa shape index (κ1) is 86.5. The van der Waals surface area contributed by atoms with Crippen LogP contribution in [-0.2, 0) is 27.9 Å². The molecule has 0 aromatic rings. The topological polar surface area (TPSA) is 111 Å². The molecule has 0 saturated carbocycles. The fourth-order valence-corrected chi connectivity index (χ4v) is 12.1. The van der Waals surface area contributed by atoms with E-state index in [4.69, 9.17) is 13.8 Å². The van der Waals surface area contributed by atoms with Gasteiger partial charge >= 0.3 is 13.8 Å². The zero-order valence-electron chi connectivity index (χ0n) is 59.7. The minimum Gasteiger partial charge on any atom is -0.456 e. The van der Waals surface area contributed by atoms with Gasteiger partial charge in [-0.1, -0.05) is 351 Å². The number of nitrogens with one attached hydrogen (secondary N) is 1. The Kier molecular flexibility index (Phi) is 66.4. The number of allylic oxidation sites excluding steroid dienone is 11. The Hall–Kier alpha value is -2.55. The summed E-state index contributed by atoms with van der Waals surface area (Å²) in [5, 5.41) is 3.08. The smallest absolute Gasteiger partial charge is 0.456 e. The largest absolute Gasteiger partial charge is 0.472 e. The number of quaternary nitrogens is 1. The van der Waals surface area contributed by atoms with Crippen LogP contribution in [0, 0.1) is 0 Å². The number of hydrogen-bond acceptors (Lipinski definition) is 6. The van der Waals surface area contributed by atoms with Crippen molar-refractivity contribution in [3.8, 4) is 0 Å². The molecule has 0 fully saturated rings. The SMILES string of the molecule is CC/C=C\C/C=C\C/C=C\C/C=C\C/C=C\CCCCCCCCCCCCCC(=O)OC(/C=C/CCCCCCCCCCC)C(COP(=O)(O)OCC[N+](C)(C)C)NC(=O)CCCCCCCCCCCCCCCCCCCCCCCCCCC. The second-order valence-electron chi connectivity index (χ2n) is 27.2. The van der Waals surface area contributed by atoms with Crippen LogP contribution in [0.1, 0.15) is 367 Å². The van der Waals surface area contributed by atoms with Gasteiger partial charge in [-0.25, -0.2) is 4.57 Å². The first-order valence-corrected chi connectivity index (χ1v) is 39.8. The van der Waals surface area contributed by atoms with Crippen LogP contribution in [-0.4, -0.2) is 74.3 Å². The number of hydrogen-bond donors (Lipinski definition) is 2. The van der Waals surface area contributed by atoms with Crippen molar-refractivity contribution in [2.24, 2.45) is 0 Å². The zero-order valence-corrected chi connectivity index (χ0v) is 60.6. The van der Waals surface area contributed by atoms with Crippen molar-refractivity contribution in [1.29, 1.82) is 0 Å². The summed E-state index contributed by atoms with van der Waals surface area (Å²) in [6.07, 6.45) is 90.8. The number of carbonyl (C=O) groups excluding carboxylic acids is 2. The van der Waals surface area contributed by atoms with Crippen molar-refractivity contribution in [3.63, 3.8) is 0 Å². The second kappa shape index (κ2) is 68.3. The van der Waals surface area contributed by atoms with E-state index in [-0.39, 0.29) is 31.5 Å². The van der Waals surface area contributed by atoms with E-state index in [1.165, 1.54) is 244 Å². The normalized spacial score (nSPS) is 13.8. The van der Waals surface area contributed by atoms with Crippen LogP contribution in [0.4, 0.5) is 0 Å². The van der Waals surface area contributed by atoms with Crippen LogP contribution < -0.4 is 5.32 Å². The van der Waals surface area contributed by atoms with Gasteiger partial charge in [0.15, 0.2) is 0 Å². The summed E-state index contributed by atoms with van der Waals surface area (Å²) < 4.78 is 30.9. The quantitative estimate of drug-likeness (QED) is 0.0205. The molecule has 0 aliphatic rings. The molecule has 0 heterocycles. The lowest BCUT2D eigenvalue weighted by Crippen LogP contribution is -2.47.